The molecule has 2 nitrogen and oxygen atoms in total. The second kappa shape index (κ2) is 3.37. The van der Waals surface area contributed by atoms with Crippen LogP contribution in [-0.2, 0) is 0 Å². The van der Waals surface area contributed by atoms with E-state index in [1.807, 2.05) is 6.08 Å². The number of hydrogen-bond donors (Lipinski definition) is 1. The molecule has 1 N–H and O–H groups in total. The first kappa shape index (κ1) is 8.75. The normalized spacial score (nSPS) is 24.9. The van der Waals surface area contributed by atoms with Gasteiger partial charge >= 0.3 is 0 Å². The van der Waals surface area contributed by atoms with Crippen LogP contribution in [0.5, 0.6) is 0 Å². The van der Waals surface area contributed by atoms with E-state index in [-0.39, 0.29) is 5.54 Å². The van der Waals surface area contributed by atoms with Gasteiger partial charge in [0.1, 0.15) is 0 Å². The molecule has 11 heavy (non-hydrogen) atoms. The third-order valence-corrected chi connectivity index (χ3v) is 2.04. The van der Waals surface area contributed by atoms with Crippen LogP contribution < -0.4 is 5.32 Å². The van der Waals surface area contributed by atoms with Crippen LogP contribution in [0, 0.1) is 0 Å². The zero-order valence-corrected chi connectivity index (χ0v) is 7.56. The smallest absolute Gasteiger partial charge is 0.0252 e. The molecule has 1 aliphatic rings. The minimum absolute atomic E-state index is 0.279. The molecule has 0 aromatic heterocycles. The van der Waals surface area contributed by atoms with Crippen LogP contribution in [0.15, 0.2) is 12.7 Å². The van der Waals surface area contributed by atoms with Gasteiger partial charge in [-0.1, -0.05) is 6.08 Å². The zero-order valence-electron chi connectivity index (χ0n) is 7.56. The average molecular weight is 154 g/mol. The predicted molar refractivity (Wildman–Crippen MR) is 48.7 cm³/mol. The molecule has 64 valence electrons. The quantitative estimate of drug-likeness (QED) is 0.593. The topological polar surface area (TPSA) is 15.3 Å². The fourth-order valence-corrected chi connectivity index (χ4v) is 1.58. The fourth-order valence-electron chi connectivity index (χ4n) is 1.58. The maximum absolute atomic E-state index is 3.74. The first-order valence-electron chi connectivity index (χ1n) is 4.22. The van der Waals surface area contributed by atoms with Gasteiger partial charge in [-0.3, -0.25) is 4.90 Å². The largest absolute Gasteiger partial charge is 0.309 e. The molecule has 0 aromatic carbocycles. The molecule has 0 amide bonds. The molecule has 0 radical (unpaired) electrons. The SMILES string of the molecule is C=CCN1CCNC(C)(C)C1. The summed E-state index contributed by atoms with van der Waals surface area (Å²) in [6, 6.07) is 0. The summed E-state index contributed by atoms with van der Waals surface area (Å²) in [5.74, 6) is 0. The first-order valence-corrected chi connectivity index (χ1v) is 4.22. The molecule has 0 saturated carbocycles. The molecular weight excluding hydrogens is 136 g/mol. The van der Waals surface area contributed by atoms with Crippen molar-refractivity contribution >= 4 is 0 Å². The van der Waals surface area contributed by atoms with E-state index in [0.717, 1.165) is 26.2 Å². The second-order valence-electron chi connectivity index (χ2n) is 3.83. The number of rotatable bonds is 2. The Balaban J connectivity index is 2.39. The van der Waals surface area contributed by atoms with Gasteiger partial charge in [0.25, 0.3) is 0 Å². The summed E-state index contributed by atoms with van der Waals surface area (Å²) >= 11 is 0. The van der Waals surface area contributed by atoms with Crippen LogP contribution in [0.2, 0.25) is 0 Å². The Kier molecular flexibility index (Phi) is 2.68. The van der Waals surface area contributed by atoms with Crippen LogP contribution >= 0.6 is 0 Å². The van der Waals surface area contributed by atoms with Crippen molar-refractivity contribution < 1.29 is 0 Å². The summed E-state index contributed by atoms with van der Waals surface area (Å²) in [5, 5.41) is 3.47. The number of piperazine rings is 1. The lowest BCUT2D eigenvalue weighted by molar-refractivity contribution is 0.169. The molecule has 1 rings (SSSR count). The van der Waals surface area contributed by atoms with Crippen molar-refractivity contribution in [2.75, 3.05) is 26.2 Å². The van der Waals surface area contributed by atoms with Crippen molar-refractivity contribution in [3.05, 3.63) is 12.7 Å². The summed E-state index contributed by atoms with van der Waals surface area (Å²) in [6.07, 6.45) is 1.97. The highest BCUT2D eigenvalue weighted by Crippen LogP contribution is 2.09. The minimum Gasteiger partial charge on any atom is -0.309 e. The second-order valence-corrected chi connectivity index (χ2v) is 3.83. The molecule has 2 heteroatoms. The summed E-state index contributed by atoms with van der Waals surface area (Å²) < 4.78 is 0. The molecule has 0 bridgehead atoms. The summed E-state index contributed by atoms with van der Waals surface area (Å²) in [6.45, 7) is 12.6. The Morgan fingerprint density at radius 3 is 2.91 bits per heavy atom. The number of hydrogen-bond acceptors (Lipinski definition) is 2. The lowest BCUT2D eigenvalue weighted by Crippen LogP contribution is -2.56. The van der Waals surface area contributed by atoms with Crippen LogP contribution in [0.25, 0.3) is 0 Å². The van der Waals surface area contributed by atoms with E-state index < -0.39 is 0 Å². The Morgan fingerprint density at radius 1 is 1.64 bits per heavy atom. The summed E-state index contributed by atoms with van der Waals surface area (Å²) in [4.78, 5) is 2.42. The van der Waals surface area contributed by atoms with Gasteiger partial charge < -0.3 is 5.32 Å². The zero-order chi connectivity index (χ0) is 8.32. The third-order valence-electron chi connectivity index (χ3n) is 2.04. The fraction of sp³-hybridized carbons (Fsp3) is 0.778. The van der Waals surface area contributed by atoms with Gasteiger partial charge in [-0.2, -0.15) is 0 Å². The van der Waals surface area contributed by atoms with Crippen molar-refractivity contribution in [1.29, 1.82) is 0 Å². The van der Waals surface area contributed by atoms with Gasteiger partial charge in [0, 0.05) is 31.7 Å². The van der Waals surface area contributed by atoms with Crippen molar-refractivity contribution in [3.63, 3.8) is 0 Å². The summed E-state index contributed by atoms with van der Waals surface area (Å²) in [5.41, 5.74) is 0.279. The van der Waals surface area contributed by atoms with E-state index in [2.05, 4.69) is 30.6 Å². The van der Waals surface area contributed by atoms with E-state index in [4.69, 9.17) is 0 Å². The molecule has 0 spiro atoms. The van der Waals surface area contributed by atoms with Crippen molar-refractivity contribution in [2.45, 2.75) is 19.4 Å². The van der Waals surface area contributed by atoms with Crippen LogP contribution in [0.4, 0.5) is 0 Å². The minimum atomic E-state index is 0.279. The van der Waals surface area contributed by atoms with Gasteiger partial charge in [-0.25, -0.2) is 0 Å². The predicted octanol–water partition coefficient (Wildman–Crippen LogP) is 0.856. The molecule has 0 aromatic rings. The van der Waals surface area contributed by atoms with Crippen LogP contribution in [-0.4, -0.2) is 36.6 Å². The molecule has 1 saturated heterocycles. The highest BCUT2D eigenvalue weighted by Gasteiger charge is 2.24. The first-order chi connectivity index (χ1) is 5.14. The van der Waals surface area contributed by atoms with E-state index in [1.54, 1.807) is 0 Å². The van der Waals surface area contributed by atoms with Gasteiger partial charge in [0.15, 0.2) is 0 Å². The maximum Gasteiger partial charge on any atom is 0.0252 e. The van der Waals surface area contributed by atoms with Crippen LogP contribution in [0.1, 0.15) is 13.8 Å². The van der Waals surface area contributed by atoms with E-state index in [1.165, 1.54) is 0 Å². The van der Waals surface area contributed by atoms with Gasteiger partial charge in [0.05, 0.1) is 0 Å². The van der Waals surface area contributed by atoms with Gasteiger partial charge in [-0.15, -0.1) is 6.58 Å². The standard InChI is InChI=1S/C9H18N2/c1-4-6-11-7-5-10-9(2,3)8-11/h4,10H,1,5-8H2,2-3H3. The molecule has 0 unspecified atom stereocenters. The Hall–Kier alpha value is -0.340. The lowest BCUT2D eigenvalue weighted by atomic mass is 10.0. The molecule has 0 aliphatic carbocycles. The van der Waals surface area contributed by atoms with E-state index >= 15 is 0 Å². The molecule has 1 heterocycles. The molecule has 1 aliphatic heterocycles. The molecular formula is C9H18N2. The monoisotopic (exact) mass is 154 g/mol. The number of nitrogens with zero attached hydrogens (tertiary/aromatic N) is 1. The van der Waals surface area contributed by atoms with Gasteiger partial charge in [-0.05, 0) is 13.8 Å². The highest BCUT2D eigenvalue weighted by atomic mass is 15.2. The van der Waals surface area contributed by atoms with Crippen molar-refractivity contribution in [2.24, 2.45) is 0 Å². The number of nitrogens with one attached hydrogen (secondary N) is 1. The summed E-state index contributed by atoms with van der Waals surface area (Å²) in [7, 11) is 0. The molecule has 1 fully saturated rings. The Bertz CT molecular complexity index is 140. The highest BCUT2D eigenvalue weighted by molar-refractivity contribution is 4.88. The lowest BCUT2D eigenvalue weighted by Gasteiger charge is -2.38. The Labute approximate surface area is 69.3 Å². The average Bonchev–Trinajstić information content (AvgIpc) is 1.85. The van der Waals surface area contributed by atoms with E-state index in [0.29, 0.717) is 0 Å². The maximum atomic E-state index is 3.74. The van der Waals surface area contributed by atoms with E-state index in [9.17, 15) is 0 Å². The molecule has 0 atom stereocenters. The van der Waals surface area contributed by atoms with Crippen molar-refractivity contribution in [1.82, 2.24) is 10.2 Å². The van der Waals surface area contributed by atoms with Crippen molar-refractivity contribution in [3.8, 4) is 0 Å². The Morgan fingerprint density at radius 2 is 2.36 bits per heavy atom. The third kappa shape index (κ3) is 2.64. The van der Waals surface area contributed by atoms with Gasteiger partial charge in [0.2, 0.25) is 0 Å². The van der Waals surface area contributed by atoms with Crippen LogP contribution in [0.3, 0.4) is 0 Å².